The monoisotopic (exact) mass is 453 g/mol. The highest BCUT2D eigenvalue weighted by Gasteiger charge is 2.22. The third-order valence-corrected chi connectivity index (χ3v) is 5.87. The van der Waals surface area contributed by atoms with Gasteiger partial charge in [0.2, 0.25) is 11.8 Å². The topological polar surface area (TPSA) is 61.9 Å². The fourth-order valence-corrected chi connectivity index (χ4v) is 4.00. The summed E-state index contributed by atoms with van der Waals surface area (Å²) in [5.74, 6) is 0.942. The molecule has 0 spiro atoms. The molecule has 0 aliphatic rings. The molecule has 0 unspecified atom stereocenters. The Morgan fingerprint density at radius 1 is 1.00 bits per heavy atom. The number of nitrogens with one attached hydrogen (secondary N) is 1. The summed E-state index contributed by atoms with van der Waals surface area (Å²) in [6.45, 7) is 7.48. The van der Waals surface area contributed by atoms with Crippen LogP contribution in [-0.2, 0) is 22.6 Å². The maximum atomic E-state index is 13.1. The van der Waals surface area contributed by atoms with Crippen molar-refractivity contribution in [2.24, 2.45) is 5.92 Å². The van der Waals surface area contributed by atoms with E-state index in [0.29, 0.717) is 6.54 Å². The molecule has 6 heteroatoms. The van der Waals surface area contributed by atoms with Gasteiger partial charge in [0, 0.05) is 44.5 Å². The highest BCUT2D eigenvalue weighted by Crippen LogP contribution is 2.26. The van der Waals surface area contributed by atoms with Crippen LogP contribution >= 0.6 is 0 Å². The van der Waals surface area contributed by atoms with Crippen LogP contribution in [0.4, 0.5) is 11.4 Å². The summed E-state index contributed by atoms with van der Waals surface area (Å²) in [4.78, 5) is 29.8. The number of carbonyl (C=O) groups is 2. The molecule has 0 aliphatic heterocycles. The first-order valence-electron chi connectivity index (χ1n) is 11.8. The van der Waals surface area contributed by atoms with Crippen molar-refractivity contribution < 1.29 is 14.3 Å². The van der Waals surface area contributed by atoms with E-state index in [-0.39, 0.29) is 24.2 Å². The van der Waals surface area contributed by atoms with Crippen LogP contribution in [0.25, 0.3) is 0 Å². The summed E-state index contributed by atoms with van der Waals surface area (Å²) in [5.41, 5.74) is 3.72. The van der Waals surface area contributed by atoms with Gasteiger partial charge in [0.05, 0.1) is 13.5 Å². The summed E-state index contributed by atoms with van der Waals surface area (Å²) < 4.78 is 5.18. The molecular formula is C27H39N3O3. The van der Waals surface area contributed by atoms with E-state index in [1.165, 1.54) is 0 Å². The van der Waals surface area contributed by atoms with Crippen LogP contribution in [0, 0.1) is 5.92 Å². The lowest BCUT2D eigenvalue weighted by Crippen LogP contribution is -2.36. The maximum Gasteiger partial charge on any atom is 0.228 e. The first-order valence-corrected chi connectivity index (χ1v) is 11.8. The smallest absolute Gasteiger partial charge is 0.228 e. The number of amides is 2. The van der Waals surface area contributed by atoms with Crippen LogP contribution in [0.3, 0.4) is 0 Å². The Labute approximate surface area is 198 Å². The van der Waals surface area contributed by atoms with E-state index < -0.39 is 0 Å². The number of benzene rings is 2. The van der Waals surface area contributed by atoms with E-state index in [4.69, 9.17) is 4.74 Å². The molecule has 0 saturated carbocycles. The molecule has 0 aliphatic carbocycles. The summed E-state index contributed by atoms with van der Waals surface area (Å²) in [5, 5.41) is 3.01. The number of hydrogen-bond acceptors (Lipinski definition) is 4. The molecule has 0 saturated heterocycles. The van der Waals surface area contributed by atoms with Crippen molar-refractivity contribution in [1.82, 2.24) is 4.90 Å². The number of hydrogen-bond donors (Lipinski definition) is 1. The van der Waals surface area contributed by atoms with Crippen LogP contribution in [0.2, 0.25) is 0 Å². The third-order valence-electron chi connectivity index (χ3n) is 5.87. The number of anilines is 2. The molecule has 0 radical (unpaired) electrons. The van der Waals surface area contributed by atoms with Gasteiger partial charge in [-0.3, -0.25) is 9.59 Å². The molecule has 0 aromatic heterocycles. The van der Waals surface area contributed by atoms with Crippen molar-refractivity contribution in [3.05, 3.63) is 53.6 Å². The molecule has 0 bridgehead atoms. The lowest BCUT2D eigenvalue weighted by Gasteiger charge is -2.28. The SMILES string of the molecule is CCCN(Cc1cc(NC(=O)Cc2ccc(OC)cc2)ccc1N(C)C)C(=O)C(CC)CC. The number of rotatable bonds is 12. The number of methoxy groups -OCH3 is 1. The van der Waals surface area contributed by atoms with Gasteiger partial charge in [-0.05, 0) is 60.7 Å². The zero-order valence-corrected chi connectivity index (χ0v) is 21.0. The fourth-order valence-electron chi connectivity index (χ4n) is 4.00. The van der Waals surface area contributed by atoms with Crippen LogP contribution in [0.15, 0.2) is 42.5 Å². The quantitative estimate of drug-likeness (QED) is 0.485. The van der Waals surface area contributed by atoms with Gasteiger partial charge in [-0.2, -0.15) is 0 Å². The highest BCUT2D eigenvalue weighted by molar-refractivity contribution is 5.92. The molecular weight excluding hydrogens is 414 g/mol. The van der Waals surface area contributed by atoms with Gasteiger partial charge in [0.1, 0.15) is 5.75 Å². The van der Waals surface area contributed by atoms with E-state index in [0.717, 1.165) is 54.1 Å². The minimum absolute atomic E-state index is 0.0479. The summed E-state index contributed by atoms with van der Waals surface area (Å²) in [7, 11) is 5.61. The second-order valence-corrected chi connectivity index (χ2v) is 8.58. The summed E-state index contributed by atoms with van der Waals surface area (Å²) >= 11 is 0. The van der Waals surface area contributed by atoms with Gasteiger partial charge >= 0.3 is 0 Å². The number of ether oxygens (including phenoxy) is 1. The minimum Gasteiger partial charge on any atom is -0.497 e. The van der Waals surface area contributed by atoms with Gasteiger partial charge in [-0.25, -0.2) is 0 Å². The van der Waals surface area contributed by atoms with E-state index in [2.05, 4.69) is 26.1 Å². The predicted molar refractivity (Wildman–Crippen MR) is 136 cm³/mol. The van der Waals surface area contributed by atoms with Gasteiger partial charge in [0.25, 0.3) is 0 Å². The van der Waals surface area contributed by atoms with E-state index >= 15 is 0 Å². The van der Waals surface area contributed by atoms with Crippen molar-refractivity contribution in [3.63, 3.8) is 0 Å². The zero-order chi connectivity index (χ0) is 24.4. The summed E-state index contributed by atoms with van der Waals surface area (Å²) in [6, 6.07) is 13.4. The third kappa shape index (κ3) is 7.52. The van der Waals surface area contributed by atoms with Gasteiger partial charge in [0.15, 0.2) is 0 Å². The molecule has 2 aromatic rings. The number of nitrogens with zero attached hydrogens (tertiary/aromatic N) is 2. The van der Waals surface area contributed by atoms with Crippen molar-refractivity contribution in [2.45, 2.75) is 53.0 Å². The van der Waals surface area contributed by atoms with Crippen molar-refractivity contribution in [3.8, 4) is 5.75 Å². The van der Waals surface area contributed by atoms with Crippen molar-refractivity contribution in [1.29, 1.82) is 0 Å². The lowest BCUT2D eigenvalue weighted by atomic mass is 10.0. The molecule has 6 nitrogen and oxygen atoms in total. The van der Waals surface area contributed by atoms with Crippen molar-refractivity contribution >= 4 is 23.2 Å². The molecule has 0 heterocycles. The molecule has 2 rings (SSSR count). The average Bonchev–Trinajstić information content (AvgIpc) is 2.80. The molecule has 1 N–H and O–H groups in total. The molecule has 2 amide bonds. The Balaban J connectivity index is 2.21. The first-order chi connectivity index (χ1) is 15.8. The Morgan fingerprint density at radius 2 is 1.67 bits per heavy atom. The van der Waals surface area contributed by atoms with Crippen LogP contribution in [0.1, 0.15) is 51.2 Å². The molecule has 33 heavy (non-hydrogen) atoms. The molecule has 2 aromatic carbocycles. The predicted octanol–water partition coefficient (Wildman–Crippen LogP) is 5.12. The normalized spacial score (nSPS) is 10.8. The van der Waals surface area contributed by atoms with E-state index in [9.17, 15) is 9.59 Å². The molecule has 0 atom stereocenters. The second-order valence-electron chi connectivity index (χ2n) is 8.58. The lowest BCUT2D eigenvalue weighted by molar-refractivity contribution is -0.136. The van der Waals surface area contributed by atoms with E-state index in [1.807, 2.05) is 66.4 Å². The molecule has 0 fully saturated rings. The van der Waals surface area contributed by atoms with Crippen LogP contribution in [-0.4, -0.2) is 44.5 Å². The Morgan fingerprint density at radius 3 is 2.21 bits per heavy atom. The largest absolute Gasteiger partial charge is 0.497 e. The minimum atomic E-state index is -0.0813. The summed E-state index contributed by atoms with van der Waals surface area (Å²) in [6.07, 6.45) is 2.88. The number of carbonyl (C=O) groups excluding carboxylic acids is 2. The van der Waals surface area contributed by atoms with Gasteiger partial charge < -0.3 is 19.9 Å². The fraction of sp³-hybridized carbons (Fsp3) is 0.481. The average molecular weight is 454 g/mol. The standard InChI is InChI=1S/C27H39N3O3/c1-7-16-30(27(32)21(8-2)9-3)19-22-18-23(12-15-25(22)29(4)5)28-26(31)17-20-10-13-24(33-6)14-11-20/h10-15,18,21H,7-9,16-17,19H2,1-6H3,(H,28,31). The van der Waals surface area contributed by atoms with Crippen molar-refractivity contribution in [2.75, 3.05) is 38.0 Å². The van der Waals surface area contributed by atoms with Crippen LogP contribution < -0.4 is 15.0 Å². The maximum absolute atomic E-state index is 13.1. The highest BCUT2D eigenvalue weighted by atomic mass is 16.5. The molecule has 180 valence electrons. The zero-order valence-electron chi connectivity index (χ0n) is 21.0. The van der Waals surface area contributed by atoms with Gasteiger partial charge in [-0.15, -0.1) is 0 Å². The second kappa shape index (κ2) is 12.9. The van der Waals surface area contributed by atoms with Gasteiger partial charge in [-0.1, -0.05) is 32.9 Å². The Kier molecular flexibility index (Phi) is 10.2. The van der Waals surface area contributed by atoms with E-state index in [1.54, 1.807) is 7.11 Å². The Bertz CT molecular complexity index is 905. The first kappa shape index (κ1) is 26.2. The van der Waals surface area contributed by atoms with Crippen LogP contribution in [0.5, 0.6) is 5.75 Å². The Hall–Kier alpha value is -3.02.